The molecular formula is C22H16Cl2N8O3S. The summed E-state index contributed by atoms with van der Waals surface area (Å²) in [7, 11) is 0. The van der Waals surface area contributed by atoms with Crippen LogP contribution in [0.15, 0.2) is 53.7 Å². The topological polar surface area (TPSA) is 144 Å². The second kappa shape index (κ2) is 9.30. The Kier molecular flexibility index (Phi) is 6.16. The SMILES string of the molecule is Cl.O=C(O)c1ccc(-c2cnc([C@@H]3CCc4nc(-c5cc(Cl)ccc5-n5cnnn5)cc(=O)n43)[nH]2)s1. The number of aromatic carboxylic acids is 1. The molecule has 6 rings (SSSR count). The molecule has 1 aromatic carbocycles. The van der Waals surface area contributed by atoms with Crippen molar-refractivity contribution in [1.29, 1.82) is 0 Å². The van der Waals surface area contributed by atoms with Crippen molar-refractivity contribution in [3.8, 4) is 27.5 Å². The Balaban J connectivity index is 0.00000267. The Hall–Kier alpha value is -3.87. The average Bonchev–Trinajstić information content (AvgIpc) is 3.64. The minimum atomic E-state index is -0.970. The Morgan fingerprint density at radius 2 is 2.08 bits per heavy atom. The third-order valence-corrected chi connectivity index (χ3v) is 7.14. The van der Waals surface area contributed by atoms with E-state index >= 15 is 0 Å². The van der Waals surface area contributed by atoms with Crippen molar-refractivity contribution in [2.75, 3.05) is 0 Å². The summed E-state index contributed by atoms with van der Waals surface area (Å²) in [5, 5.41) is 21.0. The molecule has 0 bridgehead atoms. The molecule has 0 amide bonds. The molecule has 0 radical (unpaired) electrons. The van der Waals surface area contributed by atoms with Crippen LogP contribution in [0, 0.1) is 0 Å². The molecule has 182 valence electrons. The second-order valence-electron chi connectivity index (χ2n) is 7.89. The minimum absolute atomic E-state index is 0. The van der Waals surface area contributed by atoms with Gasteiger partial charge in [-0.15, -0.1) is 28.8 Å². The van der Waals surface area contributed by atoms with Gasteiger partial charge in [0.15, 0.2) is 0 Å². The van der Waals surface area contributed by atoms with Gasteiger partial charge >= 0.3 is 5.97 Å². The molecule has 4 aromatic heterocycles. The maximum atomic E-state index is 13.3. The second-order valence-corrected chi connectivity index (χ2v) is 9.41. The summed E-state index contributed by atoms with van der Waals surface area (Å²) in [6.07, 6.45) is 4.36. The molecule has 5 aromatic rings. The molecular weight excluding hydrogens is 527 g/mol. The Morgan fingerprint density at radius 3 is 2.83 bits per heavy atom. The van der Waals surface area contributed by atoms with Gasteiger partial charge in [-0.2, -0.15) is 4.68 Å². The number of nitrogens with zero attached hydrogens (tertiary/aromatic N) is 7. The lowest BCUT2D eigenvalue weighted by Crippen LogP contribution is -2.25. The number of aromatic amines is 1. The van der Waals surface area contributed by atoms with Crippen molar-refractivity contribution < 1.29 is 9.90 Å². The number of fused-ring (bicyclic) bond motifs is 1. The summed E-state index contributed by atoms with van der Waals surface area (Å²) >= 11 is 7.41. The van der Waals surface area contributed by atoms with E-state index in [1.807, 2.05) is 0 Å². The van der Waals surface area contributed by atoms with Gasteiger partial charge in [0.05, 0.1) is 34.2 Å². The number of aryl methyl sites for hydroxylation is 1. The lowest BCUT2D eigenvalue weighted by molar-refractivity contribution is 0.0702. The molecule has 5 heterocycles. The third kappa shape index (κ3) is 4.08. The van der Waals surface area contributed by atoms with E-state index in [1.54, 1.807) is 41.1 Å². The minimum Gasteiger partial charge on any atom is -0.477 e. The van der Waals surface area contributed by atoms with E-state index < -0.39 is 5.97 Å². The molecule has 14 heteroatoms. The highest BCUT2D eigenvalue weighted by atomic mass is 35.5. The quantitative estimate of drug-likeness (QED) is 0.342. The van der Waals surface area contributed by atoms with Gasteiger partial charge in [0.1, 0.15) is 22.9 Å². The summed E-state index contributed by atoms with van der Waals surface area (Å²) < 4.78 is 3.14. The van der Waals surface area contributed by atoms with Gasteiger partial charge in [0.25, 0.3) is 5.56 Å². The zero-order valence-corrected chi connectivity index (χ0v) is 20.6. The Morgan fingerprint density at radius 1 is 1.22 bits per heavy atom. The molecule has 36 heavy (non-hydrogen) atoms. The van der Waals surface area contributed by atoms with Gasteiger partial charge in [0, 0.05) is 23.1 Å². The zero-order chi connectivity index (χ0) is 24.1. The van der Waals surface area contributed by atoms with Crippen LogP contribution >= 0.6 is 35.3 Å². The molecule has 2 N–H and O–H groups in total. The first-order valence-corrected chi connectivity index (χ1v) is 11.7. The number of carboxylic acids is 1. The van der Waals surface area contributed by atoms with Gasteiger partial charge in [-0.05, 0) is 47.2 Å². The van der Waals surface area contributed by atoms with E-state index in [1.165, 1.54) is 17.1 Å². The molecule has 0 saturated heterocycles. The highest BCUT2D eigenvalue weighted by molar-refractivity contribution is 7.17. The third-order valence-electron chi connectivity index (χ3n) is 5.80. The summed E-state index contributed by atoms with van der Waals surface area (Å²) in [6, 6.07) is 9.70. The van der Waals surface area contributed by atoms with Gasteiger partial charge in [-0.3, -0.25) is 9.36 Å². The van der Waals surface area contributed by atoms with Crippen LogP contribution in [0.25, 0.3) is 27.5 Å². The first kappa shape index (κ1) is 23.9. The number of aromatic nitrogens is 8. The van der Waals surface area contributed by atoms with Crippen LogP contribution in [-0.2, 0) is 6.42 Å². The fraction of sp³-hybridized carbons (Fsp3) is 0.136. The fourth-order valence-corrected chi connectivity index (χ4v) is 5.24. The van der Waals surface area contributed by atoms with E-state index in [-0.39, 0.29) is 28.9 Å². The molecule has 0 fully saturated rings. The van der Waals surface area contributed by atoms with Crippen LogP contribution in [0.5, 0.6) is 0 Å². The summed E-state index contributed by atoms with van der Waals surface area (Å²) in [6.45, 7) is 0. The monoisotopic (exact) mass is 542 g/mol. The summed E-state index contributed by atoms with van der Waals surface area (Å²) in [4.78, 5) is 38.0. The molecule has 0 aliphatic carbocycles. The number of imidazole rings is 1. The number of halogens is 2. The Labute approximate surface area is 217 Å². The van der Waals surface area contributed by atoms with Crippen LogP contribution in [-0.4, -0.2) is 50.8 Å². The molecule has 0 saturated carbocycles. The van der Waals surface area contributed by atoms with E-state index in [9.17, 15) is 14.7 Å². The average molecular weight is 543 g/mol. The number of thiophene rings is 1. The number of rotatable bonds is 5. The molecule has 0 unspecified atom stereocenters. The lowest BCUT2D eigenvalue weighted by atomic mass is 10.1. The molecule has 0 spiro atoms. The number of nitrogens with one attached hydrogen (secondary N) is 1. The number of benzene rings is 1. The van der Waals surface area contributed by atoms with Gasteiger partial charge in [-0.1, -0.05) is 11.6 Å². The van der Waals surface area contributed by atoms with E-state index in [0.717, 1.165) is 16.2 Å². The summed E-state index contributed by atoms with van der Waals surface area (Å²) in [5.41, 5.74) is 2.26. The van der Waals surface area contributed by atoms with Gasteiger partial charge < -0.3 is 10.1 Å². The van der Waals surface area contributed by atoms with E-state index in [0.29, 0.717) is 52.2 Å². The van der Waals surface area contributed by atoms with Crippen LogP contribution in [0.2, 0.25) is 5.02 Å². The first-order valence-electron chi connectivity index (χ1n) is 10.5. The highest BCUT2D eigenvalue weighted by Gasteiger charge is 2.29. The van der Waals surface area contributed by atoms with Gasteiger partial charge in [0.2, 0.25) is 0 Å². The van der Waals surface area contributed by atoms with Crippen molar-refractivity contribution in [2.45, 2.75) is 18.9 Å². The smallest absolute Gasteiger partial charge is 0.345 e. The van der Waals surface area contributed by atoms with Crippen molar-refractivity contribution in [1.82, 2.24) is 39.7 Å². The normalized spacial score (nSPS) is 14.4. The van der Waals surface area contributed by atoms with E-state index in [2.05, 4.69) is 25.5 Å². The van der Waals surface area contributed by atoms with Crippen LogP contribution in [0.3, 0.4) is 0 Å². The fourth-order valence-electron chi connectivity index (χ4n) is 4.25. The first-order chi connectivity index (χ1) is 17.0. The largest absolute Gasteiger partial charge is 0.477 e. The number of H-pyrrole nitrogens is 1. The predicted octanol–water partition coefficient (Wildman–Crippen LogP) is 3.65. The molecule has 1 aliphatic rings. The number of hydrogen-bond acceptors (Lipinski definition) is 8. The maximum Gasteiger partial charge on any atom is 0.345 e. The van der Waals surface area contributed by atoms with Crippen LogP contribution in [0.4, 0.5) is 0 Å². The summed E-state index contributed by atoms with van der Waals surface area (Å²) in [5.74, 6) is 0.294. The van der Waals surface area contributed by atoms with Crippen LogP contribution < -0.4 is 5.56 Å². The van der Waals surface area contributed by atoms with Crippen molar-refractivity contribution in [2.24, 2.45) is 0 Å². The number of tetrazole rings is 1. The highest BCUT2D eigenvalue weighted by Crippen LogP contribution is 2.33. The Bertz CT molecular complexity index is 1640. The maximum absolute atomic E-state index is 13.3. The van der Waals surface area contributed by atoms with Crippen molar-refractivity contribution in [3.63, 3.8) is 0 Å². The zero-order valence-electron chi connectivity index (χ0n) is 18.2. The van der Waals surface area contributed by atoms with Crippen molar-refractivity contribution in [3.05, 3.63) is 80.8 Å². The molecule has 1 aliphatic heterocycles. The number of carboxylic acid groups (broad SMARTS) is 1. The van der Waals surface area contributed by atoms with Crippen molar-refractivity contribution >= 4 is 41.3 Å². The molecule has 11 nitrogen and oxygen atoms in total. The van der Waals surface area contributed by atoms with Gasteiger partial charge in [-0.25, -0.2) is 14.8 Å². The number of carbonyl (C=O) groups is 1. The van der Waals surface area contributed by atoms with E-state index in [4.69, 9.17) is 16.6 Å². The lowest BCUT2D eigenvalue weighted by Gasteiger charge is -2.14. The predicted molar refractivity (Wildman–Crippen MR) is 134 cm³/mol. The number of hydrogen-bond donors (Lipinski definition) is 2. The van der Waals surface area contributed by atoms with Crippen LogP contribution in [0.1, 0.15) is 33.8 Å². The standard InChI is InChI=1S/C22H15ClN8O3S.ClH/c23-11-1-2-15(30-10-25-28-29-30)12(7-11)13-8-20(32)31-16(3-6-19(31)26-13)21-24-9-14(27-21)17-4-5-18(35-17)22(33)34;/h1-2,4-5,7-10,16H,3,6H2,(H,24,27)(H,33,34);1H/t16-;/m0./s1. The molecule has 1 atom stereocenters.